The summed E-state index contributed by atoms with van der Waals surface area (Å²) >= 11 is 0. The lowest BCUT2D eigenvalue weighted by Crippen LogP contribution is -2.73. The molecular formula is C12H23NO11. The third-order valence-electron chi connectivity index (χ3n) is 4.08. The first-order valence-electron chi connectivity index (χ1n) is 7.01. The first-order chi connectivity index (χ1) is 11.0. The quantitative estimate of drug-likeness (QED) is 0.205. The molecule has 11 N–H and O–H groups in total. The lowest BCUT2D eigenvalue weighted by atomic mass is 9.78. The molecule has 0 bridgehead atoms. The molecule has 1 rings (SSSR count). The van der Waals surface area contributed by atoms with Crippen LogP contribution >= 0.6 is 0 Å². The standard InChI is InChI=1S/C12H23NO11/c13-11(22)12(23,9(21)5(17)3(16)1-14)10-8(20)7(19)6(18)4(2-15)24-10/h3-10,14-21,23H,1-2H2,(H2,13,22)/t3-,4-,5-,6-,7+,8-,9+,10?,12+/m1/s1. The van der Waals surface area contributed by atoms with Gasteiger partial charge in [0.1, 0.15) is 48.8 Å². The average Bonchev–Trinajstić information content (AvgIpc) is 2.56. The summed E-state index contributed by atoms with van der Waals surface area (Å²) in [4.78, 5) is 11.7. The summed E-state index contributed by atoms with van der Waals surface area (Å²) in [6.07, 6.45) is -16.4. The van der Waals surface area contributed by atoms with E-state index in [2.05, 4.69) is 0 Å². The summed E-state index contributed by atoms with van der Waals surface area (Å²) in [5.41, 5.74) is 1.78. The molecule has 0 radical (unpaired) electrons. The van der Waals surface area contributed by atoms with Gasteiger partial charge >= 0.3 is 0 Å². The Kier molecular flexibility index (Phi) is 7.01. The first-order valence-corrected chi connectivity index (χ1v) is 7.01. The number of aliphatic hydroxyl groups is 9. The zero-order valence-electron chi connectivity index (χ0n) is 12.5. The Morgan fingerprint density at radius 2 is 1.62 bits per heavy atom. The van der Waals surface area contributed by atoms with E-state index in [1.165, 1.54) is 0 Å². The van der Waals surface area contributed by atoms with E-state index in [1.54, 1.807) is 0 Å². The predicted molar refractivity (Wildman–Crippen MR) is 73.0 cm³/mol. The van der Waals surface area contributed by atoms with Gasteiger partial charge in [-0.25, -0.2) is 0 Å². The van der Waals surface area contributed by atoms with Gasteiger partial charge in [-0.15, -0.1) is 0 Å². The largest absolute Gasteiger partial charge is 0.394 e. The fourth-order valence-electron chi connectivity index (χ4n) is 2.50. The van der Waals surface area contributed by atoms with Crippen molar-refractivity contribution in [2.24, 2.45) is 5.73 Å². The third-order valence-corrected chi connectivity index (χ3v) is 4.08. The van der Waals surface area contributed by atoms with Crippen LogP contribution in [0.4, 0.5) is 0 Å². The zero-order chi connectivity index (χ0) is 18.8. The highest BCUT2D eigenvalue weighted by Crippen LogP contribution is 2.32. The molecule has 9 atom stereocenters. The lowest BCUT2D eigenvalue weighted by molar-refractivity contribution is -0.286. The van der Waals surface area contributed by atoms with Crippen LogP contribution < -0.4 is 5.73 Å². The van der Waals surface area contributed by atoms with Crippen LogP contribution in [0.15, 0.2) is 0 Å². The van der Waals surface area contributed by atoms with Gasteiger partial charge in [-0.2, -0.15) is 0 Å². The van der Waals surface area contributed by atoms with Gasteiger partial charge in [-0.3, -0.25) is 4.79 Å². The van der Waals surface area contributed by atoms with Crippen LogP contribution in [-0.2, 0) is 9.53 Å². The molecule has 12 nitrogen and oxygen atoms in total. The molecule has 24 heavy (non-hydrogen) atoms. The van der Waals surface area contributed by atoms with E-state index >= 15 is 0 Å². The van der Waals surface area contributed by atoms with Gasteiger partial charge in [0.05, 0.1) is 13.2 Å². The molecule has 0 spiro atoms. The average molecular weight is 357 g/mol. The van der Waals surface area contributed by atoms with Crippen molar-refractivity contribution in [1.82, 2.24) is 0 Å². The molecule has 1 aliphatic rings. The van der Waals surface area contributed by atoms with Crippen molar-refractivity contribution in [3.63, 3.8) is 0 Å². The molecule has 1 heterocycles. The molecule has 0 saturated carbocycles. The van der Waals surface area contributed by atoms with Crippen molar-refractivity contribution in [3.05, 3.63) is 0 Å². The molecule has 1 aliphatic heterocycles. The molecule has 0 aromatic rings. The summed E-state index contributed by atoms with van der Waals surface area (Å²) in [5, 5.41) is 86.7. The summed E-state index contributed by atoms with van der Waals surface area (Å²) in [5.74, 6) is -1.69. The highest BCUT2D eigenvalue weighted by molar-refractivity contribution is 5.85. The van der Waals surface area contributed by atoms with Crippen LogP contribution in [0.5, 0.6) is 0 Å². The van der Waals surface area contributed by atoms with Crippen molar-refractivity contribution >= 4 is 5.91 Å². The summed E-state index contributed by atoms with van der Waals surface area (Å²) in [6.45, 7) is -1.92. The van der Waals surface area contributed by atoms with Crippen molar-refractivity contribution < 1.29 is 55.5 Å². The zero-order valence-corrected chi connectivity index (χ0v) is 12.5. The predicted octanol–water partition coefficient (Wildman–Crippen LogP) is -6.88. The topological polar surface area (TPSA) is 234 Å². The molecule has 142 valence electrons. The lowest BCUT2D eigenvalue weighted by Gasteiger charge is -2.47. The molecule has 1 saturated heterocycles. The Bertz CT molecular complexity index is 435. The van der Waals surface area contributed by atoms with Gasteiger partial charge in [0, 0.05) is 0 Å². The van der Waals surface area contributed by atoms with Gasteiger partial charge in [0.25, 0.3) is 5.91 Å². The number of hydrogen-bond acceptors (Lipinski definition) is 11. The minimum absolute atomic E-state index is 0.881. The van der Waals surface area contributed by atoms with Crippen LogP contribution in [0.25, 0.3) is 0 Å². The van der Waals surface area contributed by atoms with E-state index in [0.717, 1.165) is 0 Å². The van der Waals surface area contributed by atoms with Crippen molar-refractivity contribution in [1.29, 1.82) is 0 Å². The maximum atomic E-state index is 11.7. The highest BCUT2D eigenvalue weighted by Gasteiger charge is 2.60. The number of carbonyl (C=O) groups excluding carboxylic acids is 1. The Hall–Kier alpha value is -0.930. The molecule has 1 amide bonds. The fraction of sp³-hybridized carbons (Fsp3) is 0.917. The molecule has 0 aromatic carbocycles. The number of rotatable bonds is 7. The van der Waals surface area contributed by atoms with Gasteiger partial charge in [0.2, 0.25) is 5.60 Å². The number of primary amides is 1. The van der Waals surface area contributed by atoms with E-state index in [0.29, 0.717) is 0 Å². The van der Waals surface area contributed by atoms with Crippen molar-refractivity contribution in [2.75, 3.05) is 13.2 Å². The molecule has 12 heteroatoms. The summed E-state index contributed by atoms with van der Waals surface area (Å²) in [6, 6.07) is 0. The second-order valence-electron chi connectivity index (χ2n) is 5.62. The van der Waals surface area contributed by atoms with Crippen molar-refractivity contribution in [2.45, 2.75) is 54.4 Å². The second kappa shape index (κ2) is 7.97. The SMILES string of the molecule is NC(=O)[C@@](O)(C1O[C@H](CO)[C@@H](O)[C@H](O)[C@H]1O)[C@@H](O)[C@H](O)[C@H](O)CO. The normalized spacial score (nSPS) is 37.3. The fourth-order valence-corrected chi connectivity index (χ4v) is 2.50. The summed E-state index contributed by atoms with van der Waals surface area (Å²) in [7, 11) is 0. The van der Waals surface area contributed by atoms with Crippen LogP contribution in [-0.4, -0.2) is 120 Å². The Balaban J connectivity index is 3.24. The Labute approximate surface area is 136 Å². The van der Waals surface area contributed by atoms with Crippen LogP contribution in [0, 0.1) is 0 Å². The number of amides is 1. The Morgan fingerprint density at radius 3 is 2.04 bits per heavy atom. The van der Waals surface area contributed by atoms with Crippen LogP contribution in [0.3, 0.4) is 0 Å². The van der Waals surface area contributed by atoms with E-state index < -0.39 is 73.6 Å². The number of aliphatic hydroxyl groups excluding tert-OH is 8. The smallest absolute Gasteiger partial charge is 0.255 e. The maximum absolute atomic E-state index is 11.7. The number of nitrogens with two attached hydrogens (primary N) is 1. The highest BCUT2D eigenvalue weighted by atomic mass is 16.6. The summed E-state index contributed by atoms with van der Waals surface area (Å²) < 4.78 is 4.97. The molecule has 1 fully saturated rings. The minimum atomic E-state index is -3.23. The second-order valence-corrected chi connectivity index (χ2v) is 5.62. The number of ether oxygens (including phenoxy) is 1. The Morgan fingerprint density at radius 1 is 1.08 bits per heavy atom. The number of hydrogen-bond donors (Lipinski definition) is 10. The maximum Gasteiger partial charge on any atom is 0.255 e. The van der Waals surface area contributed by atoms with Gasteiger partial charge in [-0.1, -0.05) is 0 Å². The molecular weight excluding hydrogens is 334 g/mol. The monoisotopic (exact) mass is 357 g/mol. The molecule has 0 aliphatic carbocycles. The molecule has 1 unspecified atom stereocenters. The van der Waals surface area contributed by atoms with Crippen LogP contribution in [0.2, 0.25) is 0 Å². The van der Waals surface area contributed by atoms with Crippen molar-refractivity contribution in [3.8, 4) is 0 Å². The van der Waals surface area contributed by atoms with Crippen LogP contribution in [0.1, 0.15) is 0 Å². The number of carbonyl (C=O) groups is 1. The third kappa shape index (κ3) is 3.52. The van der Waals surface area contributed by atoms with E-state index in [-0.39, 0.29) is 0 Å². The van der Waals surface area contributed by atoms with E-state index in [4.69, 9.17) is 20.7 Å². The van der Waals surface area contributed by atoms with Gasteiger partial charge in [0.15, 0.2) is 0 Å². The first kappa shape index (κ1) is 21.1. The van der Waals surface area contributed by atoms with E-state index in [1.807, 2.05) is 0 Å². The molecule has 0 aromatic heterocycles. The van der Waals surface area contributed by atoms with E-state index in [9.17, 15) is 40.5 Å². The minimum Gasteiger partial charge on any atom is -0.394 e. The van der Waals surface area contributed by atoms with Gasteiger partial charge < -0.3 is 56.4 Å². The van der Waals surface area contributed by atoms with Gasteiger partial charge in [-0.05, 0) is 0 Å².